The highest BCUT2D eigenvalue weighted by Gasteiger charge is 1.98. The molecule has 0 aliphatic carbocycles. The summed E-state index contributed by atoms with van der Waals surface area (Å²) in [5.74, 6) is -0.180. The molecule has 3 nitrogen and oxygen atoms in total. The van der Waals surface area contributed by atoms with E-state index in [1.807, 2.05) is 6.07 Å². The van der Waals surface area contributed by atoms with Crippen molar-refractivity contribution >= 4 is 9.73 Å². The van der Waals surface area contributed by atoms with Crippen LogP contribution in [0.3, 0.4) is 0 Å². The summed E-state index contributed by atoms with van der Waals surface area (Å²) in [6.45, 7) is 3.63. The number of aryl methyl sites for hydroxylation is 1. The molecule has 1 N–H and O–H groups in total. The number of halogens is 1. The van der Waals surface area contributed by atoms with Gasteiger partial charge in [0, 0.05) is 35.3 Å². The fraction of sp³-hybridized carbons (Fsp3) is 0.500. The third kappa shape index (κ3) is 5.79. The van der Waals surface area contributed by atoms with Crippen molar-refractivity contribution in [2.45, 2.75) is 13.5 Å². The van der Waals surface area contributed by atoms with Gasteiger partial charge in [-0.1, -0.05) is 12.1 Å². The predicted octanol–water partition coefficient (Wildman–Crippen LogP) is 1.95. The van der Waals surface area contributed by atoms with Crippen molar-refractivity contribution in [3.8, 4) is 0 Å². The Bertz CT molecular complexity index is 485. The Kier molecular flexibility index (Phi) is 5.08. The van der Waals surface area contributed by atoms with Gasteiger partial charge in [0.25, 0.3) is 0 Å². The zero-order valence-electron chi connectivity index (χ0n) is 10.5. The molecule has 5 heteroatoms. The van der Waals surface area contributed by atoms with Crippen molar-refractivity contribution in [2.75, 3.05) is 25.6 Å². The summed E-state index contributed by atoms with van der Waals surface area (Å²) < 4.78 is 28.3. The van der Waals surface area contributed by atoms with Gasteiger partial charge in [-0.25, -0.2) is 8.75 Å². The van der Waals surface area contributed by atoms with Crippen LogP contribution in [0.5, 0.6) is 0 Å². The Morgan fingerprint density at radius 3 is 2.71 bits per heavy atom. The molecule has 0 fully saturated rings. The summed E-state index contributed by atoms with van der Waals surface area (Å²) >= 11 is 0. The molecule has 0 unspecified atom stereocenters. The molecular weight excluding hydrogens is 239 g/mol. The molecule has 0 bridgehead atoms. The van der Waals surface area contributed by atoms with E-state index in [9.17, 15) is 8.60 Å². The molecule has 0 aliphatic heterocycles. The van der Waals surface area contributed by atoms with Crippen LogP contribution in [0, 0.1) is 12.7 Å². The van der Waals surface area contributed by atoms with Crippen LogP contribution >= 0.6 is 0 Å². The molecule has 1 aromatic rings. The topological polar surface area (TPSA) is 41.5 Å². The molecule has 1 rings (SSSR count). The Morgan fingerprint density at radius 1 is 1.41 bits per heavy atom. The van der Waals surface area contributed by atoms with Crippen molar-refractivity contribution in [3.63, 3.8) is 0 Å². The second kappa shape index (κ2) is 6.12. The Morgan fingerprint density at radius 2 is 2.12 bits per heavy atom. The van der Waals surface area contributed by atoms with Gasteiger partial charge in [-0.2, -0.15) is 0 Å². The van der Waals surface area contributed by atoms with Crippen molar-refractivity contribution in [1.82, 2.24) is 5.32 Å². The van der Waals surface area contributed by atoms with Crippen LogP contribution in [-0.2, 0) is 16.3 Å². The minimum atomic E-state index is -2.00. The SMILES string of the molecule is Cc1cc(CNCCN=S(C)(C)=O)ccc1F. The van der Waals surface area contributed by atoms with E-state index in [2.05, 4.69) is 9.68 Å². The second-order valence-corrected chi connectivity index (χ2v) is 6.92. The third-order valence-electron chi connectivity index (χ3n) is 2.24. The van der Waals surface area contributed by atoms with Crippen LogP contribution in [0.15, 0.2) is 22.6 Å². The summed E-state index contributed by atoms with van der Waals surface area (Å²) in [4.78, 5) is 0. The molecule has 0 saturated heterocycles. The zero-order chi connectivity index (χ0) is 12.9. The van der Waals surface area contributed by atoms with Gasteiger partial charge in [-0.15, -0.1) is 0 Å². The smallest absolute Gasteiger partial charge is 0.126 e. The van der Waals surface area contributed by atoms with Crippen LogP contribution in [0.1, 0.15) is 11.1 Å². The lowest BCUT2D eigenvalue weighted by atomic mass is 10.1. The second-order valence-electron chi connectivity index (χ2n) is 4.29. The van der Waals surface area contributed by atoms with Gasteiger partial charge >= 0.3 is 0 Å². The Labute approximate surface area is 103 Å². The van der Waals surface area contributed by atoms with E-state index in [1.54, 1.807) is 25.5 Å². The van der Waals surface area contributed by atoms with E-state index in [1.165, 1.54) is 6.07 Å². The quantitative estimate of drug-likeness (QED) is 0.820. The average molecular weight is 258 g/mol. The molecular formula is C12H19FN2OS. The first-order valence-corrected chi connectivity index (χ1v) is 7.80. The minimum absolute atomic E-state index is 0.180. The largest absolute Gasteiger partial charge is 0.311 e. The summed E-state index contributed by atoms with van der Waals surface area (Å²) in [5.41, 5.74) is 1.69. The molecule has 0 radical (unpaired) electrons. The van der Waals surface area contributed by atoms with Gasteiger partial charge in [-0.05, 0) is 24.1 Å². The highest BCUT2D eigenvalue weighted by atomic mass is 32.2. The lowest BCUT2D eigenvalue weighted by molar-refractivity contribution is 0.615. The van der Waals surface area contributed by atoms with Crippen LogP contribution in [0.25, 0.3) is 0 Å². The zero-order valence-corrected chi connectivity index (χ0v) is 11.3. The molecule has 96 valence electrons. The van der Waals surface area contributed by atoms with E-state index in [0.717, 1.165) is 5.56 Å². The summed E-state index contributed by atoms with van der Waals surface area (Å²) in [7, 11) is -2.00. The molecule has 17 heavy (non-hydrogen) atoms. The number of hydrogen-bond acceptors (Lipinski definition) is 3. The van der Waals surface area contributed by atoms with Crippen LogP contribution in [0.2, 0.25) is 0 Å². The summed E-state index contributed by atoms with van der Waals surface area (Å²) in [6.07, 6.45) is 3.24. The fourth-order valence-electron chi connectivity index (χ4n) is 1.39. The van der Waals surface area contributed by atoms with Crippen molar-refractivity contribution in [3.05, 3.63) is 35.1 Å². The van der Waals surface area contributed by atoms with Crippen LogP contribution < -0.4 is 5.32 Å². The first kappa shape index (κ1) is 14.1. The maximum atomic E-state index is 13.0. The maximum Gasteiger partial charge on any atom is 0.126 e. The number of nitrogens with one attached hydrogen (secondary N) is 1. The van der Waals surface area contributed by atoms with E-state index in [-0.39, 0.29) is 5.82 Å². The van der Waals surface area contributed by atoms with Gasteiger partial charge in [-0.3, -0.25) is 4.21 Å². The van der Waals surface area contributed by atoms with Crippen molar-refractivity contribution < 1.29 is 8.60 Å². The van der Waals surface area contributed by atoms with E-state index < -0.39 is 9.73 Å². The standard InChI is InChI=1S/C12H19FN2OS/c1-10-8-11(4-5-12(10)13)9-14-6-7-15-17(2,3)16/h4-5,8,14H,6-7,9H2,1-3H3. The lowest BCUT2D eigenvalue weighted by Crippen LogP contribution is -2.17. The average Bonchev–Trinajstić information content (AvgIpc) is 2.21. The normalized spacial score (nSPS) is 11.5. The minimum Gasteiger partial charge on any atom is -0.311 e. The van der Waals surface area contributed by atoms with Gasteiger partial charge in [0.1, 0.15) is 5.82 Å². The highest BCUT2D eigenvalue weighted by molar-refractivity contribution is 7.92. The summed E-state index contributed by atoms with van der Waals surface area (Å²) in [5, 5.41) is 3.18. The van der Waals surface area contributed by atoms with Crippen molar-refractivity contribution in [2.24, 2.45) is 4.36 Å². The van der Waals surface area contributed by atoms with Gasteiger partial charge in [0.2, 0.25) is 0 Å². The first-order valence-electron chi connectivity index (χ1n) is 5.47. The van der Waals surface area contributed by atoms with E-state index in [4.69, 9.17) is 0 Å². The molecule has 1 aromatic carbocycles. The highest BCUT2D eigenvalue weighted by Crippen LogP contribution is 2.08. The number of rotatable bonds is 5. The van der Waals surface area contributed by atoms with Crippen LogP contribution in [0.4, 0.5) is 4.39 Å². The van der Waals surface area contributed by atoms with E-state index >= 15 is 0 Å². The molecule has 0 aromatic heterocycles. The molecule has 0 spiro atoms. The number of hydrogen-bond donors (Lipinski definition) is 1. The Hall–Kier alpha value is -0.940. The molecule has 0 saturated carbocycles. The number of benzene rings is 1. The monoisotopic (exact) mass is 258 g/mol. The summed E-state index contributed by atoms with van der Waals surface area (Å²) in [6, 6.07) is 5.05. The molecule has 0 atom stereocenters. The predicted molar refractivity (Wildman–Crippen MR) is 70.1 cm³/mol. The van der Waals surface area contributed by atoms with Gasteiger partial charge < -0.3 is 5.32 Å². The van der Waals surface area contributed by atoms with Gasteiger partial charge in [0.05, 0.1) is 6.54 Å². The maximum absolute atomic E-state index is 13.0. The molecule has 0 heterocycles. The van der Waals surface area contributed by atoms with Crippen molar-refractivity contribution in [1.29, 1.82) is 0 Å². The Balaban J connectivity index is 2.37. The molecule has 0 aliphatic rings. The van der Waals surface area contributed by atoms with Crippen LogP contribution in [-0.4, -0.2) is 29.8 Å². The third-order valence-corrected chi connectivity index (χ3v) is 3.05. The fourth-order valence-corrected chi connectivity index (χ4v) is 1.92. The van der Waals surface area contributed by atoms with Gasteiger partial charge in [0.15, 0.2) is 0 Å². The molecule has 0 amide bonds. The lowest BCUT2D eigenvalue weighted by Gasteiger charge is -2.05. The number of nitrogens with zero attached hydrogens (tertiary/aromatic N) is 1. The first-order chi connectivity index (χ1) is 7.88. The van der Waals surface area contributed by atoms with E-state index in [0.29, 0.717) is 25.2 Å².